The number of aryl methyl sites for hydroxylation is 1. The normalized spacial score (nSPS) is 11.9. The van der Waals surface area contributed by atoms with E-state index in [1.165, 1.54) is 7.11 Å². The van der Waals surface area contributed by atoms with Crippen molar-refractivity contribution >= 4 is 17.6 Å². The Morgan fingerprint density at radius 2 is 1.79 bits per heavy atom. The molecule has 0 aliphatic carbocycles. The summed E-state index contributed by atoms with van der Waals surface area (Å²) in [6.45, 7) is 2.01. The quantitative estimate of drug-likeness (QED) is 0.792. The van der Waals surface area contributed by atoms with Gasteiger partial charge in [-0.2, -0.15) is 0 Å². The van der Waals surface area contributed by atoms with Crippen molar-refractivity contribution in [1.82, 2.24) is 0 Å². The van der Waals surface area contributed by atoms with Crippen LogP contribution in [0.4, 0.5) is 0 Å². The molecule has 0 amide bonds. The van der Waals surface area contributed by atoms with Gasteiger partial charge in [-0.05, 0) is 30.2 Å². The van der Waals surface area contributed by atoms with Crippen molar-refractivity contribution in [2.24, 2.45) is 0 Å². The van der Waals surface area contributed by atoms with Gasteiger partial charge in [0.25, 0.3) is 0 Å². The van der Waals surface area contributed by atoms with Gasteiger partial charge in [0, 0.05) is 5.02 Å². The van der Waals surface area contributed by atoms with Crippen molar-refractivity contribution in [3.63, 3.8) is 0 Å². The summed E-state index contributed by atoms with van der Waals surface area (Å²) in [5, 5.41) is 0.610. The summed E-state index contributed by atoms with van der Waals surface area (Å²) in [6.07, 6.45) is 0. The molecular weight excluding hydrogens is 260 g/mol. The zero-order valence-electron chi connectivity index (χ0n) is 10.9. The molecule has 2 nitrogen and oxygen atoms in total. The van der Waals surface area contributed by atoms with Gasteiger partial charge in [0.15, 0.2) is 0 Å². The maximum Gasteiger partial charge on any atom is 0.317 e. The minimum Gasteiger partial charge on any atom is -0.468 e. The number of halogens is 1. The average molecular weight is 275 g/mol. The molecule has 0 bridgehead atoms. The van der Waals surface area contributed by atoms with E-state index in [9.17, 15) is 4.79 Å². The SMILES string of the molecule is COC(=O)C(c1ccc(C)cc1)c1cccc(Cl)c1. The van der Waals surface area contributed by atoms with Crippen molar-refractivity contribution in [2.45, 2.75) is 12.8 Å². The third-order valence-electron chi connectivity index (χ3n) is 3.03. The minimum atomic E-state index is -0.440. The predicted octanol–water partition coefficient (Wildman–Crippen LogP) is 3.95. The number of esters is 1. The van der Waals surface area contributed by atoms with Crippen LogP contribution in [0.1, 0.15) is 22.6 Å². The summed E-state index contributed by atoms with van der Waals surface area (Å²) >= 11 is 6.00. The lowest BCUT2D eigenvalue weighted by Crippen LogP contribution is -2.15. The van der Waals surface area contributed by atoms with E-state index in [0.29, 0.717) is 5.02 Å². The number of carbonyl (C=O) groups is 1. The molecule has 0 spiro atoms. The summed E-state index contributed by atoms with van der Waals surface area (Å²) in [6, 6.07) is 15.1. The minimum absolute atomic E-state index is 0.286. The van der Waals surface area contributed by atoms with Crippen molar-refractivity contribution in [3.8, 4) is 0 Å². The number of carbonyl (C=O) groups excluding carboxylic acids is 1. The highest BCUT2D eigenvalue weighted by Crippen LogP contribution is 2.28. The van der Waals surface area contributed by atoms with E-state index >= 15 is 0 Å². The average Bonchev–Trinajstić information content (AvgIpc) is 2.41. The highest BCUT2D eigenvalue weighted by molar-refractivity contribution is 6.30. The zero-order valence-corrected chi connectivity index (χ0v) is 11.6. The first-order valence-electron chi connectivity index (χ1n) is 6.01. The fourth-order valence-electron chi connectivity index (χ4n) is 2.03. The van der Waals surface area contributed by atoms with Crippen molar-refractivity contribution in [2.75, 3.05) is 7.11 Å². The summed E-state index contributed by atoms with van der Waals surface area (Å²) in [5.74, 6) is -0.726. The first-order chi connectivity index (χ1) is 9.11. The topological polar surface area (TPSA) is 26.3 Å². The van der Waals surface area contributed by atoms with Crippen LogP contribution < -0.4 is 0 Å². The van der Waals surface area contributed by atoms with E-state index in [1.807, 2.05) is 43.3 Å². The molecule has 19 heavy (non-hydrogen) atoms. The molecule has 0 fully saturated rings. The fourth-order valence-corrected chi connectivity index (χ4v) is 2.23. The molecule has 0 N–H and O–H groups in total. The maximum atomic E-state index is 12.0. The Labute approximate surface area is 118 Å². The molecule has 1 atom stereocenters. The van der Waals surface area contributed by atoms with Crippen molar-refractivity contribution < 1.29 is 9.53 Å². The van der Waals surface area contributed by atoms with Crippen LogP contribution in [0.5, 0.6) is 0 Å². The van der Waals surface area contributed by atoms with E-state index in [2.05, 4.69) is 0 Å². The largest absolute Gasteiger partial charge is 0.468 e. The van der Waals surface area contributed by atoms with Gasteiger partial charge >= 0.3 is 5.97 Å². The monoisotopic (exact) mass is 274 g/mol. The van der Waals surface area contributed by atoms with E-state index in [4.69, 9.17) is 16.3 Å². The molecule has 2 aromatic rings. The Morgan fingerprint density at radius 1 is 1.11 bits per heavy atom. The number of hydrogen-bond donors (Lipinski definition) is 0. The smallest absolute Gasteiger partial charge is 0.317 e. The summed E-state index contributed by atoms with van der Waals surface area (Å²) in [4.78, 5) is 12.0. The first kappa shape index (κ1) is 13.6. The van der Waals surface area contributed by atoms with Crippen LogP contribution in [0.3, 0.4) is 0 Å². The predicted molar refractivity (Wildman–Crippen MR) is 76.5 cm³/mol. The zero-order chi connectivity index (χ0) is 13.8. The fraction of sp³-hybridized carbons (Fsp3) is 0.188. The highest BCUT2D eigenvalue weighted by atomic mass is 35.5. The lowest BCUT2D eigenvalue weighted by Gasteiger charge is -2.16. The van der Waals surface area contributed by atoms with E-state index in [-0.39, 0.29) is 5.97 Å². The summed E-state index contributed by atoms with van der Waals surface area (Å²) < 4.78 is 4.91. The van der Waals surface area contributed by atoms with Crippen LogP contribution in [0.15, 0.2) is 48.5 Å². The molecule has 0 saturated carbocycles. The van der Waals surface area contributed by atoms with Gasteiger partial charge < -0.3 is 4.74 Å². The maximum absolute atomic E-state index is 12.0. The Morgan fingerprint density at radius 3 is 2.37 bits per heavy atom. The molecule has 0 aromatic heterocycles. The van der Waals surface area contributed by atoms with Crippen LogP contribution in [-0.4, -0.2) is 13.1 Å². The Kier molecular flexibility index (Phi) is 4.23. The number of methoxy groups -OCH3 is 1. The Balaban J connectivity index is 2.47. The van der Waals surface area contributed by atoms with Gasteiger partial charge in [0.1, 0.15) is 5.92 Å². The van der Waals surface area contributed by atoms with E-state index in [1.54, 1.807) is 12.1 Å². The molecule has 0 radical (unpaired) electrons. The molecule has 98 valence electrons. The third kappa shape index (κ3) is 3.15. The number of rotatable bonds is 3. The van der Waals surface area contributed by atoms with Crippen LogP contribution in [0.2, 0.25) is 5.02 Å². The summed E-state index contributed by atoms with van der Waals surface area (Å²) in [7, 11) is 1.40. The highest BCUT2D eigenvalue weighted by Gasteiger charge is 2.23. The van der Waals surface area contributed by atoms with Crippen LogP contribution in [-0.2, 0) is 9.53 Å². The van der Waals surface area contributed by atoms with Gasteiger partial charge in [-0.15, -0.1) is 0 Å². The Bertz CT molecular complexity index is 576. The van der Waals surface area contributed by atoms with E-state index < -0.39 is 5.92 Å². The molecule has 0 aliphatic heterocycles. The first-order valence-corrected chi connectivity index (χ1v) is 6.39. The van der Waals surface area contributed by atoms with Gasteiger partial charge in [0.2, 0.25) is 0 Å². The lowest BCUT2D eigenvalue weighted by atomic mass is 9.91. The number of hydrogen-bond acceptors (Lipinski definition) is 2. The molecule has 3 heteroatoms. The second kappa shape index (κ2) is 5.89. The van der Waals surface area contributed by atoms with E-state index in [0.717, 1.165) is 16.7 Å². The van der Waals surface area contributed by atoms with Gasteiger partial charge in [-0.25, -0.2) is 0 Å². The molecule has 0 aliphatic rings. The standard InChI is InChI=1S/C16H15ClO2/c1-11-6-8-12(9-7-11)15(16(18)19-2)13-4-3-5-14(17)10-13/h3-10,15H,1-2H3. The molecular formula is C16H15ClO2. The van der Waals surface area contributed by atoms with Gasteiger partial charge in [-0.3, -0.25) is 4.79 Å². The molecule has 0 heterocycles. The molecule has 0 saturated heterocycles. The van der Waals surface area contributed by atoms with Crippen LogP contribution in [0, 0.1) is 6.92 Å². The second-order valence-corrected chi connectivity index (χ2v) is 4.86. The van der Waals surface area contributed by atoms with Gasteiger partial charge in [-0.1, -0.05) is 53.6 Å². The number of ether oxygens (including phenoxy) is 1. The van der Waals surface area contributed by atoms with Crippen LogP contribution >= 0.6 is 11.6 Å². The van der Waals surface area contributed by atoms with Crippen LogP contribution in [0.25, 0.3) is 0 Å². The van der Waals surface area contributed by atoms with Gasteiger partial charge in [0.05, 0.1) is 7.11 Å². The summed E-state index contributed by atoms with van der Waals surface area (Å²) in [5.41, 5.74) is 2.89. The number of benzene rings is 2. The molecule has 1 unspecified atom stereocenters. The second-order valence-electron chi connectivity index (χ2n) is 4.42. The van der Waals surface area contributed by atoms with Crippen molar-refractivity contribution in [3.05, 3.63) is 70.2 Å². The lowest BCUT2D eigenvalue weighted by molar-refractivity contribution is -0.141. The van der Waals surface area contributed by atoms with Crippen molar-refractivity contribution in [1.29, 1.82) is 0 Å². The Hall–Kier alpha value is -1.80. The molecule has 2 rings (SSSR count). The molecule has 2 aromatic carbocycles. The third-order valence-corrected chi connectivity index (χ3v) is 3.26.